The Labute approximate surface area is 138 Å². The van der Waals surface area contributed by atoms with Gasteiger partial charge in [0.2, 0.25) is 5.91 Å². The predicted molar refractivity (Wildman–Crippen MR) is 82.2 cm³/mol. The first kappa shape index (κ1) is 17.7. The molecule has 114 valence electrons. The Balaban J connectivity index is 3.20. The molecular formula is C10H8Cl3N3O4S. The Morgan fingerprint density at radius 3 is 2.67 bits per heavy atom. The summed E-state index contributed by atoms with van der Waals surface area (Å²) in [6.45, 7) is 0. The van der Waals surface area contributed by atoms with Crippen LogP contribution in [0.15, 0.2) is 15.0 Å². The van der Waals surface area contributed by atoms with E-state index >= 15 is 0 Å². The molecule has 11 heteroatoms. The summed E-state index contributed by atoms with van der Waals surface area (Å²) in [6, 6.07) is 0. The van der Waals surface area contributed by atoms with Gasteiger partial charge in [-0.05, 0) is 0 Å². The van der Waals surface area contributed by atoms with Gasteiger partial charge in [0.05, 0.1) is 11.3 Å². The molecule has 1 rings (SSSR count). The number of carbonyl (C=O) groups is 2. The number of oxime groups is 1. The maximum Gasteiger partial charge on any atom is 0.358 e. The first-order valence-electron chi connectivity index (χ1n) is 5.12. The number of alkyl halides is 1. The molecule has 7 nitrogen and oxygen atoms in total. The van der Waals surface area contributed by atoms with E-state index in [9.17, 15) is 9.59 Å². The van der Waals surface area contributed by atoms with E-state index in [2.05, 4.69) is 20.3 Å². The molecule has 0 atom stereocenters. The molecule has 0 bridgehead atoms. The van der Waals surface area contributed by atoms with E-state index in [0.29, 0.717) is 0 Å². The van der Waals surface area contributed by atoms with Crippen LogP contribution in [0.1, 0.15) is 5.69 Å². The lowest BCUT2D eigenvalue weighted by atomic mass is 10.1. The molecule has 0 spiro atoms. The van der Waals surface area contributed by atoms with Crippen molar-refractivity contribution < 1.29 is 19.5 Å². The molecular weight excluding hydrogens is 365 g/mol. The highest BCUT2D eigenvalue weighted by Gasteiger charge is 2.24. The maximum atomic E-state index is 11.2. The number of hydrogen-bond acceptors (Lipinski definition) is 6. The molecule has 0 fully saturated rings. The second kappa shape index (κ2) is 8.18. The zero-order valence-electron chi connectivity index (χ0n) is 10.4. The standard InChI is InChI=1S/C10H8Cl3N3O4S/c1-20-16-7(9(18)19)6(8(12)13)4-3-21-10(14-4)15-5(17)2-11/h3H,2H2,1H3,(H,18,19)(H,14,15,17)/b16-7-. The van der Waals surface area contributed by atoms with Crippen LogP contribution >= 0.6 is 46.1 Å². The summed E-state index contributed by atoms with van der Waals surface area (Å²) < 4.78 is -0.353. The van der Waals surface area contributed by atoms with Gasteiger partial charge in [-0.1, -0.05) is 28.4 Å². The molecule has 0 aromatic carbocycles. The fraction of sp³-hybridized carbons (Fsp3) is 0.200. The van der Waals surface area contributed by atoms with E-state index in [0.717, 1.165) is 11.3 Å². The van der Waals surface area contributed by atoms with Crippen molar-refractivity contribution in [1.29, 1.82) is 0 Å². The van der Waals surface area contributed by atoms with Gasteiger partial charge in [0.25, 0.3) is 0 Å². The third-order valence-electron chi connectivity index (χ3n) is 1.94. The summed E-state index contributed by atoms with van der Waals surface area (Å²) in [7, 11) is 1.18. The van der Waals surface area contributed by atoms with Gasteiger partial charge in [0, 0.05) is 5.38 Å². The highest BCUT2D eigenvalue weighted by molar-refractivity contribution is 7.14. The second-order valence-corrected chi connectivity index (χ2v) is 5.36. The average molecular weight is 373 g/mol. The van der Waals surface area contributed by atoms with Gasteiger partial charge in [-0.15, -0.1) is 22.9 Å². The Kier molecular flexibility index (Phi) is 6.90. The monoisotopic (exact) mass is 371 g/mol. The van der Waals surface area contributed by atoms with E-state index < -0.39 is 17.6 Å². The lowest BCUT2D eigenvalue weighted by Gasteiger charge is -2.04. The van der Waals surface area contributed by atoms with Gasteiger partial charge < -0.3 is 15.3 Å². The van der Waals surface area contributed by atoms with Gasteiger partial charge in [-0.3, -0.25) is 4.79 Å². The number of aliphatic carboxylic acids is 1. The van der Waals surface area contributed by atoms with Crippen molar-refractivity contribution in [3.63, 3.8) is 0 Å². The molecule has 1 amide bonds. The van der Waals surface area contributed by atoms with Crippen molar-refractivity contribution in [1.82, 2.24) is 4.98 Å². The first-order valence-corrected chi connectivity index (χ1v) is 7.29. The summed E-state index contributed by atoms with van der Waals surface area (Å²) in [5, 5.41) is 16.5. The lowest BCUT2D eigenvalue weighted by molar-refractivity contribution is -0.129. The van der Waals surface area contributed by atoms with E-state index in [1.54, 1.807) is 0 Å². The molecule has 2 N–H and O–H groups in total. The smallest absolute Gasteiger partial charge is 0.358 e. The van der Waals surface area contributed by atoms with Crippen molar-refractivity contribution in [3.8, 4) is 0 Å². The normalized spacial score (nSPS) is 11.0. The number of amides is 1. The summed E-state index contributed by atoms with van der Waals surface area (Å²) in [4.78, 5) is 30.8. The van der Waals surface area contributed by atoms with E-state index in [-0.39, 0.29) is 26.8 Å². The topological polar surface area (TPSA) is 101 Å². The minimum atomic E-state index is -1.40. The minimum absolute atomic E-state index is 0.128. The number of nitrogens with zero attached hydrogens (tertiary/aromatic N) is 2. The van der Waals surface area contributed by atoms with Crippen LogP contribution in [0.5, 0.6) is 0 Å². The molecule has 0 saturated heterocycles. The number of carboxylic acids is 1. The molecule has 0 saturated carbocycles. The van der Waals surface area contributed by atoms with Crippen LogP contribution in [0.2, 0.25) is 0 Å². The van der Waals surface area contributed by atoms with Crippen LogP contribution in [0, 0.1) is 0 Å². The van der Waals surface area contributed by atoms with Crippen molar-refractivity contribution in [2.75, 3.05) is 18.3 Å². The Hall–Kier alpha value is -1.35. The largest absolute Gasteiger partial charge is 0.476 e. The van der Waals surface area contributed by atoms with Crippen molar-refractivity contribution in [3.05, 3.63) is 15.6 Å². The van der Waals surface area contributed by atoms with Crippen LogP contribution in [0.4, 0.5) is 5.13 Å². The Bertz CT molecular complexity index is 610. The zero-order chi connectivity index (χ0) is 16.0. The number of nitrogens with one attached hydrogen (secondary N) is 1. The second-order valence-electron chi connectivity index (χ2n) is 3.28. The third kappa shape index (κ3) is 4.85. The number of hydrogen-bond donors (Lipinski definition) is 2. The SMILES string of the molecule is CO/N=C(\C(=O)O)C(=C(Cl)Cl)c1csc(NC(=O)CCl)n1. The maximum absolute atomic E-state index is 11.2. The lowest BCUT2D eigenvalue weighted by Crippen LogP contribution is -2.16. The fourth-order valence-corrected chi connectivity index (χ4v) is 2.35. The zero-order valence-corrected chi connectivity index (χ0v) is 13.5. The summed E-state index contributed by atoms with van der Waals surface area (Å²) in [6.07, 6.45) is 0. The summed E-state index contributed by atoms with van der Waals surface area (Å²) in [5.74, 6) is -2.09. The highest BCUT2D eigenvalue weighted by Crippen LogP contribution is 2.29. The third-order valence-corrected chi connectivity index (χ3v) is 3.32. The van der Waals surface area contributed by atoms with Crippen molar-refractivity contribution >= 4 is 74.4 Å². The average Bonchev–Trinajstić information content (AvgIpc) is 2.85. The quantitative estimate of drug-likeness (QED) is 0.454. The number of rotatable bonds is 6. The van der Waals surface area contributed by atoms with Crippen LogP contribution in [-0.4, -0.2) is 40.7 Å². The summed E-state index contributed by atoms with van der Waals surface area (Å²) in [5.41, 5.74) is -0.517. The number of anilines is 1. The number of carboxylic acid groups (broad SMARTS) is 1. The molecule has 1 heterocycles. The fourth-order valence-electron chi connectivity index (χ4n) is 1.19. The van der Waals surface area contributed by atoms with Gasteiger partial charge in [0.1, 0.15) is 17.5 Å². The molecule has 0 aliphatic heterocycles. The molecule has 1 aromatic heterocycles. The van der Waals surface area contributed by atoms with Crippen LogP contribution in [0.3, 0.4) is 0 Å². The number of halogens is 3. The molecule has 0 aliphatic rings. The number of aromatic nitrogens is 1. The Morgan fingerprint density at radius 2 is 2.19 bits per heavy atom. The molecule has 21 heavy (non-hydrogen) atoms. The Morgan fingerprint density at radius 1 is 1.52 bits per heavy atom. The van der Waals surface area contributed by atoms with E-state index in [1.807, 2.05) is 0 Å². The van der Waals surface area contributed by atoms with Crippen LogP contribution < -0.4 is 5.32 Å². The van der Waals surface area contributed by atoms with E-state index in [4.69, 9.17) is 39.9 Å². The highest BCUT2D eigenvalue weighted by atomic mass is 35.5. The predicted octanol–water partition coefficient (Wildman–Crippen LogP) is 2.55. The first-order chi connectivity index (χ1) is 9.90. The van der Waals surface area contributed by atoms with Gasteiger partial charge in [-0.25, -0.2) is 9.78 Å². The summed E-state index contributed by atoms with van der Waals surface area (Å²) >= 11 is 17.8. The molecule has 1 aromatic rings. The van der Waals surface area contributed by atoms with Crippen LogP contribution in [0.25, 0.3) is 5.57 Å². The number of carbonyl (C=O) groups excluding carboxylic acids is 1. The van der Waals surface area contributed by atoms with Gasteiger partial charge in [-0.2, -0.15) is 0 Å². The van der Waals surface area contributed by atoms with Crippen molar-refractivity contribution in [2.24, 2.45) is 5.16 Å². The molecule has 0 radical (unpaired) electrons. The molecule has 0 aliphatic carbocycles. The minimum Gasteiger partial charge on any atom is -0.476 e. The van der Waals surface area contributed by atoms with Gasteiger partial charge >= 0.3 is 5.97 Å². The van der Waals surface area contributed by atoms with Crippen LogP contribution in [-0.2, 0) is 14.4 Å². The molecule has 0 unspecified atom stereocenters. The van der Waals surface area contributed by atoms with Crippen molar-refractivity contribution in [2.45, 2.75) is 0 Å². The van der Waals surface area contributed by atoms with Gasteiger partial charge in [0.15, 0.2) is 10.8 Å². The van der Waals surface area contributed by atoms with E-state index in [1.165, 1.54) is 12.5 Å². The number of thiazole rings is 1.